The van der Waals surface area contributed by atoms with E-state index in [4.69, 9.17) is 9.16 Å². The fraction of sp³-hybridized carbons (Fsp3) is 0.667. The van der Waals surface area contributed by atoms with Gasteiger partial charge in [-0.25, -0.2) is 4.79 Å². The number of piperidine rings is 1. The van der Waals surface area contributed by atoms with Gasteiger partial charge in [-0.1, -0.05) is 51.1 Å². The second-order valence-electron chi connectivity index (χ2n) is 10.8. The first-order chi connectivity index (χ1) is 13.7. The van der Waals surface area contributed by atoms with E-state index in [0.717, 1.165) is 5.56 Å². The van der Waals surface area contributed by atoms with Gasteiger partial charge in [0.25, 0.3) is 0 Å². The Hall–Kier alpha value is -1.66. The van der Waals surface area contributed by atoms with E-state index in [0.29, 0.717) is 25.8 Å². The molecule has 1 saturated heterocycles. The van der Waals surface area contributed by atoms with Crippen LogP contribution in [0.5, 0.6) is 0 Å². The Kier molecular flexibility index (Phi) is 7.57. The molecule has 0 N–H and O–H groups in total. The van der Waals surface area contributed by atoms with Crippen molar-refractivity contribution in [2.24, 2.45) is 0 Å². The van der Waals surface area contributed by atoms with Crippen LogP contribution >= 0.6 is 0 Å². The minimum atomic E-state index is -2.09. The van der Waals surface area contributed by atoms with Crippen LogP contribution in [0.2, 0.25) is 18.1 Å². The number of Topliss-reactive ketones (excluding diaryl/α,β-unsaturated/α-hetero) is 1. The van der Waals surface area contributed by atoms with Gasteiger partial charge in [-0.05, 0) is 50.9 Å². The fourth-order valence-electron chi connectivity index (χ4n) is 3.37. The molecule has 0 radical (unpaired) electrons. The first-order valence-corrected chi connectivity index (χ1v) is 13.9. The van der Waals surface area contributed by atoms with Gasteiger partial charge in [-0.3, -0.25) is 9.69 Å². The van der Waals surface area contributed by atoms with E-state index in [1.807, 2.05) is 51.1 Å². The summed E-state index contributed by atoms with van der Waals surface area (Å²) in [6, 6.07) is 9.53. The molecule has 30 heavy (non-hydrogen) atoms. The lowest BCUT2D eigenvalue weighted by Crippen LogP contribution is -2.52. The van der Waals surface area contributed by atoms with Crippen molar-refractivity contribution < 1.29 is 18.8 Å². The Morgan fingerprint density at radius 1 is 1.13 bits per heavy atom. The molecule has 1 aromatic carbocycles. The topological polar surface area (TPSA) is 55.8 Å². The largest absolute Gasteiger partial charge is 0.444 e. The number of likely N-dealkylation sites (tertiary alicyclic amines) is 1. The fourth-order valence-corrected chi connectivity index (χ4v) is 4.67. The maximum absolute atomic E-state index is 12.9. The molecule has 0 saturated carbocycles. The lowest BCUT2D eigenvalue weighted by atomic mass is 9.93. The number of benzene rings is 1. The highest BCUT2D eigenvalue weighted by Gasteiger charge is 2.42. The smallest absolute Gasteiger partial charge is 0.410 e. The van der Waals surface area contributed by atoms with Gasteiger partial charge < -0.3 is 9.16 Å². The molecule has 0 aromatic heterocycles. The molecule has 2 atom stereocenters. The van der Waals surface area contributed by atoms with Crippen LogP contribution in [0.1, 0.15) is 72.5 Å². The monoisotopic (exact) mass is 433 g/mol. The molecule has 168 valence electrons. The van der Waals surface area contributed by atoms with E-state index in [1.165, 1.54) is 0 Å². The van der Waals surface area contributed by atoms with Crippen molar-refractivity contribution >= 4 is 20.2 Å². The van der Waals surface area contributed by atoms with E-state index in [1.54, 1.807) is 4.90 Å². The van der Waals surface area contributed by atoms with Gasteiger partial charge in [0.1, 0.15) is 5.60 Å². The summed E-state index contributed by atoms with van der Waals surface area (Å²) in [6.45, 7) is 17.1. The van der Waals surface area contributed by atoms with Crippen LogP contribution < -0.4 is 0 Å². The highest BCUT2D eigenvalue weighted by molar-refractivity contribution is 6.74. The van der Waals surface area contributed by atoms with Gasteiger partial charge in [0.2, 0.25) is 0 Å². The van der Waals surface area contributed by atoms with Gasteiger partial charge in [0.15, 0.2) is 14.1 Å². The second kappa shape index (κ2) is 9.23. The average Bonchev–Trinajstić information content (AvgIpc) is 2.60. The number of ether oxygens (including phenoxy) is 1. The standard InChI is InChI=1S/C24H39NO4Si/c1-23(2,3)28-22(27)25-16-12-15-20(26)19(25)17-21(18-13-10-9-11-14-18)29-30(7,8)24(4,5)6/h9-11,13-14,19,21H,12,15-17H2,1-8H3. The van der Waals surface area contributed by atoms with E-state index >= 15 is 0 Å². The van der Waals surface area contributed by atoms with Crippen molar-refractivity contribution in [2.45, 2.75) is 96.7 Å². The summed E-state index contributed by atoms with van der Waals surface area (Å²) in [5.41, 5.74) is 0.448. The summed E-state index contributed by atoms with van der Waals surface area (Å²) in [5.74, 6) is 0.0897. The zero-order valence-electron chi connectivity index (χ0n) is 20.0. The van der Waals surface area contributed by atoms with Crippen molar-refractivity contribution in [1.29, 1.82) is 0 Å². The Balaban J connectivity index is 2.33. The van der Waals surface area contributed by atoms with Crippen molar-refractivity contribution in [3.05, 3.63) is 35.9 Å². The Bertz CT molecular complexity index is 734. The predicted octanol–water partition coefficient (Wildman–Crippen LogP) is 6.11. The number of hydrogen-bond acceptors (Lipinski definition) is 4. The number of nitrogens with zero attached hydrogens (tertiary/aromatic N) is 1. The summed E-state index contributed by atoms with van der Waals surface area (Å²) in [6.07, 6.45) is 0.956. The van der Waals surface area contributed by atoms with Gasteiger partial charge in [0.05, 0.1) is 12.1 Å². The third-order valence-electron chi connectivity index (χ3n) is 6.05. The molecule has 1 aliphatic heterocycles. The molecule has 1 amide bonds. The number of amides is 1. The number of rotatable bonds is 5. The van der Waals surface area contributed by atoms with Crippen molar-refractivity contribution in [3.63, 3.8) is 0 Å². The first kappa shape index (κ1) is 24.6. The molecule has 2 unspecified atom stereocenters. The Morgan fingerprint density at radius 2 is 1.73 bits per heavy atom. The minimum Gasteiger partial charge on any atom is -0.444 e. The van der Waals surface area contributed by atoms with E-state index in [9.17, 15) is 9.59 Å². The first-order valence-electron chi connectivity index (χ1n) is 11.0. The summed E-state index contributed by atoms with van der Waals surface area (Å²) >= 11 is 0. The molecule has 0 spiro atoms. The van der Waals surface area contributed by atoms with Gasteiger partial charge >= 0.3 is 6.09 Å². The maximum atomic E-state index is 12.9. The van der Waals surface area contributed by atoms with Crippen LogP contribution in [0.4, 0.5) is 4.79 Å². The van der Waals surface area contributed by atoms with E-state index < -0.39 is 26.1 Å². The molecule has 1 aliphatic rings. The van der Waals surface area contributed by atoms with Crippen molar-refractivity contribution in [3.8, 4) is 0 Å². The molecular formula is C24H39NO4Si. The number of hydrogen-bond donors (Lipinski definition) is 0. The Morgan fingerprint density at radius 3 is 2.27 bits per heavy atom. The molecule has 1 fully saturated rings. The quantitative estimate of drug-likeness (QED) is 0.526. The summed E-state index contributed by atoms with van der Waals surface area (Å²) in [7, 11) is -2.09. The van der Waals surface area contributed by atoms with Crippen LogP contribution in [0.25, 0.3) is 0 Å². The third-order valence-corrected chi connectivity index (χ3v) is 10.5. The zero-order chi connectivity index (χ0) is 22.7. The van der Waals surface area contributed by atoms with Gasteiger partial charge in [0, 0.05) is 19.4 Å². The van der Waals surface area contributed by atoms with Crippen LogP contribution in [-0.4, -0.2) is 43.3 Å². The molecule has 2 rings (SSSR count). The SMILES string of the molecule is CC(C)(C)OC(=O)N1CCCC(=O)C1CC(O[Si](C)(C)C(C)(C)C)c1ccccc1. The molecule has 0 bridgehead atoms. The van der Waals surface area contributed by atoms with Gasteiger partial charge in [-0.15, -0.1) is 0 Å². The molecule has 0 aliphatic carbocycles. The normalized spacial score (nSPS) is 19.5. The number of carbonyl (C=O) groups is 2. The summed E-state index contributed by atoms with van der Waals surface area (Å²) < 4.78 is 12.4. The highest BCUT2D eigenvalue weighted by atomic mass is 28.4. The molecular weight excluding hydrogens is 394 g/mol. The lowest BCUT2D eigenvalue weighted by Gasteiger charge is -2.42. The predicted molar refractivity (Wildman–Crippen MR) is 123 cm³/mol. The zero-order valence-corrected chi connectivity index (χ0v) is 21.0. The maximum Gasteiger partial charge on any atom is 0.410 e. The second-order valence-corrected chi connectivity index (χ2v) is 15.5. The molecule has 1 heterocycles. The molecule has 5 nitrogen and oxygen atoms in total. The molecule has 1 aromatic rings. The average molecular weight is 434 g/mol. The van der Waals surface area contributed by atoms with Crippen LogP contribution in [-0.2, 0) is 14.0 Å². The van der Waals surface area contributed by atoms with E-state index in [-0.39, 0.29) is 16.9 Å². The third kappa shape index (κ3) is 6.42. The lowest BCUT2D eigenvalue weighted by molar-refractivity contribution is -0.128. The van der Waals surface area contributed by atoms with Gasteiger partial charge in [-0.2, -0.15) is 0 Å². The summed E-state index contributed by atoms with van der Waals surface area (Å²) in [4.78, 5) is 27.4. The van der Waals surface area contributed by atoms with Crippen molar-refractivity contribution in [1.82, 2.24) is 4.90 Å². The molecule has 6 heteroatoms. The van der Waals surface area contributed by atoms with Crippen LogP contribution in [0.3, 0.4) is 0 Å². The summed E-state index contributed by atoms with van der Waals surface area (Å²) in [5, 5.41) is 0.0431. The van der Waals surface area contributed by atoms with Crippen LogP contribution in [0, 0.1) is 0 Å². The van der Waals surface area contributed by atoms with E-state index in [2.05, 4.69) is 33.9 Å². The number of ketones is 1. The Labute approximate surface area is 183 Å². The minimum absolute atomic E-state index is 0.0431. The number of carbonyl (C=O) groups excluding carboxylic acids is 2. The highest BCUT2D eigenvalue weighted by Crippen LogP contribution is 2.41. The van der Waals surface area contributed by atoms with Crippen LogP contribution in [0.15, 0.2) is 30.3 Å². The van der Waals surface area contributed by atoms with Crippen molar-refractivity contribution in [2.75, 3.05) is 6.54 Å².